The Morgan fingerprint density at radius 2 is 0.948 bits per heavy atom. The zero-order chi connectivity index (χ0) is 38.2. The molecule has 0 amide bonds. The lowest BCUT2D eigenvalue weighted by molar-refractivity contribution is 0.983. The lowest BCUT2D eigenvalue weighted by atomic mass is 9.96. The molecular formula is C52H34N6. The first-order valence-corrected chi connectivity index (χ1v) is 19.8. The van der Waals surface area contributed by atoms with Crippen LogP contribution < -0.4 is 0 Å². The molecular weight excluding hydrogens is 709 g/mol. The van der Waals surface area contributed by atoms with E-state index in [9.17, 15) is 0 Å². The van der Waals surface area contributed by atoms with Crippen molar-refractivity contribution in [3.8, 4) is 34.2 Å². The van der Waals surface area contributed by atoms with Crippen molar-refractivity contribution in [3.05, 3.63) is 188 Å². The first-order chi connectivity index (χ1) is 28.7. The van der Waals surface area contributed by atoms with E-state index < -0.39 is 0 Å². The van der Waals surface area contributed by atoms with Gasteiger partial charge in [-0.2, -0.15) is 0 Å². The molecule has 272 valence electrons. The second kappa shape index (κ2) is 12.9. The molecule has 0 atom stereocenters. The summed E-state index contributed by atoms with van der Waals surface area (Å²) in [4.78, 5) is 20.0. The summed E-state index contributed by atoms with van der Waals surface area (Å²) in [6.07, 6.45) is 6.62. The molecule has 0 unspecified atom stereocenters. The van der Waals surface area contributed by atoms with E-state index in [4.69, 9.17) is 19.9 Å². The van der Waals surface area contributed by atoms with Crippen LogP contribution in [0.15, 0.2) is 182 Å². The molecule has 4 aromatic heterocycles. The maximum atomic E-state index is 5.21. The molecule has 4 heterocycles. The Kier molecular flexibility index (Phi) is 7.25. The van der Waals surface area contributed by atoms with Gasteiger partial charge < -0.3 is 4.57 Å². The van der Waals surface area contributed by atoms with Gasteiger partial charge in [0.15, 0.2) is 17.5 Å². The van der Waals surface area contributed by atoms with Crippen molar-refractivity contribution in [1.82, 2.24) is 28.9 Å². The molecule has 1 aliphatic rings. The SMILES string of the molecule is C1=C(c2ccc(-c3nc(-c4ccccc4)nc(-c4ccccc4)n3)cc2)C=C(n2c3ccccc3c3cc4c(cc32)c2ccccc2n2c3ccccc3nc42)CC1. The molecule has 0 saturated carbocycles. The fourth-order valence-corrected chi connectivity index (χ4v) is 8.89. The normalized spacial score (nSPS) is 13.2. The Bertz CT molecular complexity index is 3430. The Hall–Kier alpha value is -7.70. The number of imidazole rings is 1. The lowest BCUT2D eigenvalue weighted by Gasteiger charge is -2.18. The quantitative estimate of drug-likeness (QED) is 0.165. The minimum absolute atomic E-state index is 0.652. The largest absolute Gasteiger partial charge is 0.313 e. The van der Waals surface area contributed by atoms with Gasteiger partial charge in [0.2, 0.25) is 0 Å². The van der Waals surface area contributed by atoms with Gasteiger partial charge in [0.05, 0.1) is 27.6 Å². The average molecular weight is 743 g/mol. The molecule has 6 heteroatoms. The second-order valence-corrected chi connectivity index (χ2v) is 15.0. The highest BCUT2D eigenvalue weighted by atomic mass is 15.0. The van der Waals surface area contributed by atoms with Gasteiger partial charge >= 0.3 is 0 Å². The van der Waals surface area contributed by atoms with Crippen LogP contribution in [0.25, 0.3) is 106 Å². The number of pyridine rings is 1. The van der Waals surface area contributed by atoms with Crippen molar-refractivity contribution in [2.24, 2.45) is 0 Å². The van der Waals surface area contributed by atoms with Crippen LogP contribution in [0.1, 0.15) is 18.4 Å². The summed E-state index contributed by atoms with van der Waals surface area (Å²) in [6.45, 7) is 0. The van der Waals surface area contributed by atoms with E-state index in [2.05, 4.69) is 130 Å². The van der Waals surface area contributed by atoms with E-state index >= 15 is 0 Å². The third-order valence-electron chi connectivity index (χ3n) is 11.6. The molecule has 6 nitrogen and oxygen atoms in total. The molecule has 12 rings (SSSR count). The molecule has 0 aliphatic heterocycles. The molecule has 11 aromatic rings. The first kappa shape index (κ1) is 32.5. The fourth-order valence-electron chi connectivity index (χ4n) is 8.89. The number of aromatic nitrogens is 6. The molecule has 7 aromatic carbocycles. The predicted molar refractivity (Wildman–Crippen MR) is 238 cm³/mol. The van der Waals surface area contributed by atoms with Gasteiger partial charge in [-0.25, -0.2) is 19.9 Å². The van der Waals surface area contributed by atoms with Crippen LogP contribution in [0.2, 0.25) is 0 Å². The maximum absolute atomic E-state index is 5.21. The maximum Gasteiger partial charge on any atom is 0.164 e. The summed E-state index contributed by atoms with van der Waals surface area (Å²) in [6, 6.07) is 59.7. The Morgan fingerprint density at radius 3 is 1.64 bits per heavy atom. The summed E-state index contributed by atoms with van der Waals surface area (Å²) in [7, 11) is 0. The van der Waals surface area contributed by atoms with Gasteiger partial charge in [-0.15, -0.1) is 0 Å². The van der Waals surface area contributed by atoms with E-state index in [1.807, 2.05) is 60.7 Å². The number of fused-ring (bicyclic) bond motifs is 11. The lowest BCUT2D eigenvalue weighted by Crippen LogP contribution is -2.02. The monoisotopic (exact) mass is 742 g/mol. The zero-order valence-electron chi connectivity index (χ0n) is 31.4. The van der Waals surface area contributed by atoms with E-state index in [1.165, 1.54) is 43.8 Å². The predicted octanol–water partition coefficient (Wildman–Crippen LogP) is 12.8. The number of rotatable bonds is 5. The van der Waals surface area contributed by atoms with Crippen molar-refractivity contribution in [3.63, 3.8) is 0 Å². The van der Waals surface area contributed by atoms with Gasteiger partial charge in [0.25, 0.3) is 0 Å². The number of nitrogens with zero attached hydrogens (tertiary/aromatic N) is 6. The van der Waals surface area contributed by atoms with Crippen LogP contribution in [-0.4, -0.2) is 28.9 Å². The summed E-state index contributed by atoms with van der Waals surface area (Å²) < 4.78 is 4.82. The molecule has 58 heavy (non-hydrogen) atoms. The molecule has 0 spiro atoms. The zero-order valence-corrected chi connectivity index (χ0v) is 31.4. The van der Waals surface area contributed by atoms with Gasteiger partial charge in [-0.1, -0.05) is 140 Å². The first-order valence-electron chi connectivity index (χ1n) is 19.8. The summed E-state index contributed by atoms with van der Waals surface area (Å²) in [5, 5.41) is 6.06. The van der Waals surface area contributed by atoms with Crippen molar-refractivity contribution in [1.29, 1.82) is 0 Å². The number of para-hydroxylation sites is 4. The highest BCUT2D eigenvalue weighted by Gasteiger charge is 2.21. The van der Waals surface area contributed by atoms with Crippen LogP contribution in [0, 0.1) is 0 Å². The molecule has 0 saturated heterocycles. The number of allylic oxidation sites excluding steroid dienone is 4. The van der Waals surface area contributed by atoms with Crippen LogP contribution in [0.3, 0.4) is 0 Å². The molecule has 0 fully saturated rings. The average Bonchev–Trinajstić information content (AvgIpc) is 3.85. The summed E-state index contributed by atoms with van der Waals surface area (Å²) >= 11 is 0. The smallest absolute Gasteiger partial charge is 0.164 e. The topological polar surface area (TPSA) is 60.9 Å². The van der Waals surface area contributed by atoms with Crippen LogP contribution in [0.4, 0.5) is 0 Å². The van der Waals surface area contributed by atoms with Crippen molar-refractivity contribution >= 4 is 71.4 Å². The Morgan fingerprint density at radius 1 is 0.397 bits per heavy atom. The fraction of sp³-hybridized carbons (Fsp3) is 0.0385. The Balaban J connectivity index is 0.982. The molecule has 0 bridgehead atoms. The molecule has 0 radical (unpaired) electrons. The molecule has 0 N–H and O–H groups in total. The van der Waals surface area contributed by atoms with Crippen molar-refractivity contribution in [2.75, 3.05) is 0 Å². The Labute approximate surface area is 333 Å². The van der Waals surface area contributed by atoms with E-state index in [0.717, 1.165) is 62.7 Å². The standard InChI is InChI=1S/C52H34N6/c1-3-14-34(15-4-1)49-54-50(35-16-5-2-6-17-35)56-51(55-49)36-28-26-33(27-29-36)37-18-13-19-38(30-37)57-45-23-10-8-21-40(45)42-31-43-41(32-48(42)57)39-20-7-11-24-46(39)58-47-25-12-9-22-44(47)53-52(43)58/h1-12,14-18,20-32H,13,19H2. The summed E-state index contributed by atoms with van der Waals surface area (Å²) in [5.41, 5.74) is 13.2. The van der Waals surface area contributed by atoms with E-state index in [1.54, 1.807) is 0 Å². The highest BCUT2D eigenvalue weighted by molar-refractivity contribution is 6.22. The molecule has 1 aliphatic carbocycles. The van der Waals surface area contributed by atoms with Crippen molar-refractivity contribution in [2.45, 2.75) is 12.8 Å². The number of hydrogen-bond acceptors (Lipinski definition) is 4. The minimum atomic E-state index is 0.652. The van der Waals surface area contributed by atoms with E-state index in [0.29, 0.717) is 17.5 Å². The number of benzene rings is 7. The van der Waals surface area contributed by atoms with Crippen LogP contribution >= 0.6 is 0 Å². The number of hydrogen-bond donors (Lipinski definition) is 0. The third-order valence-corrected chi connectivity index (χ3v) is 11.6. The van der Waals surface area contributed by atoms with Crippen LogP contribution in [0.5, 0.6) is 0 Å². The van der Waals surface area contributed by atoms with Crippen molar-refractivity contribution < 1.29 is 0 Å². The second-order valence-electron chi connectivity index (χ2n) is 15.0. The van der Waals surface area contributed by atoms with Gasteiger partial charge in [0, 0.05) is 43.9 Å². The van der Waals surface area contributed by atoms with Gasteiger partial charge in [-0.3, -0.25) is 4.40 Å². The minimum Gasteiger partial charge on any atom is -0.313 e. The van der Waals surface area contributed by atoms with Crippen LogP contribution in [-0.2, 0) is 0 Å². The van der Waals surface area contributed by atoms with Gasteiger partial charge in [0.1, 0.15) is 5.65 Å². The van der Waals surface area contributed by atoms with E-state index in [-0.39, 0.29) is 0 Å². The summed E-state index contributed by atoms with van der Waals surface area (Å²) in [5.74, 6) is 1.97. The highest BCUT2D eigenvalue weighted by Crippen LogP contribution is 2.41. The van der Waals surface area contributed by atoms with Gasteiger partial charge in [-0.05, 0) is 71.8 Å². The third kappa shape index (κ3) is 5.12.